The lowest BCUT2D eigenvalue weighted by molar-refractivity contribution is 0.0702. The highest BCUT2D eigenvalue weighted by molar-refractivity contribution is 7.17. The predicted molar refractivity (Wildman–Crippen MR) is 66.1 cm³/mol. The van der Waals surface area contributed by atoms with E-state index in [1.54, 1.807) is 6.07 Å². The molecule has 1 N–H and O–H groups in total. The summed E-state index contributed by atoms with van der Waals surface area (Å²) in [4.78, 5) is 12.4. The second-order valence-corrected chi connectivity index (χ2v) is 4.54. The van der Waals surface area contributed by atoms with Crippen LogP contribution >= 0.6 is 11.3 Å². The van der Waals surface area contributed by atoms with E-state index >= 15 is 0 Å². The van der Waals surface area contributed by atoms with Crippen molar-refractivity contribution < 1.29 is 9.90 Å². The molecule has 0 amide bonds. The summed E-state index contributed by atoms with van der Waals surface area (Å²) in [5.41, 5.74) is 2.20. The third-order valence-corrected chi connectivity index (χ3v) is 3.65. The molecule has 2 nitrogen and oxygen atoms in total. The van der Waals surface area contributed by atoms with Crippen molar-refractivity contribution in [3.63, 3.8) is 0 Å². The summed E-state index contributed by atoms with van der Waals surface area (Å²) in [6.45, 7) is 2.04. The van der Waals surface area contributed by atoms with Gasteiger partial charge in [0.15, 0.2) is 0 Å². The Morgan fingerprint density at radius 3 is 2.56 bits per heavy atom. The lowest BCUT2D eigenvalue weighted by Crippen LogP contribution is -1.90. The summed E-state index contributed by atoms with van der Waals surface area (Å²) >= 11 is 1.35. The molecule has 0 radical (unpaired) electrons. The summed E-state index contributed by atoms with van der Waals surface area (Å²) in [6.07, 6.45) is 0.855. The predicted octanol–water partition coefficient (Wildman–Crippen LogP) is 3.68. The third kappa shape index (κ3) is 1.99. The van der Waals surface area contributed by atoms with Crippen LogP contribution in [0.4, 0.5) is 0 Å². The number of hydrogen-bond acceptors (Lipinski definition) is 2. The topological polar surface area (TPSA) is 37.3 Å². The van der Waals surface area contributed by atoms with E-state index in [9.17, 15) is 4.79 Å². The number of hydrogen-bond donors (Lipinski definition) is 1. The largest absolute Gasteiger partial charge is 0.477 e. The average Bonchev–Trinajstić information content (AvgIpc) is 2.74. The van der Waals surface area contributed by atoms with Crippen LogP contribution in [0.15, 0.2) is 36.4 Å². The van der Waals surface area contributed by atoms with Crippen LogP contribution in [0.2, 0.25) is 0 Å². The van der Waals surface area contributed by atoms with Crippen LogP contribution in [0.1, 0.15) is 22.2 Å². The Balaban J connectivity index is 2.52. The fraction of sp³-hybridized carbons (Fsp3) is 0.154. The van der Waals surface area contributed by atoms with Crippen molar-refractivity contribution in [2.75, 3.05) is 0 Å². The van der Waals surface area contributed by atoms with Gasteiger partial charge in [-0.25, -0.2) is 4.79 Å². The zero-order chi connectivity index (χ0) is 11.5. The van der Waals surface area contributed by atoms with Crippen molar-refractivity contribution in [2.45, 2.75) is 13.3 Å². The van der Waals surface area contributed by atoms with Crippen molar-refractivity contribution in [1.82, 2.24) is 0 Å². The van der Waals surface area contributed by atoms with Crippen LogP contribution < -0.4 is 0 Å². The maximum Gasteiger partial charge on any atom is 0.345 e. The van der Waals surface area contributed by atoms with Gasteiger partial charge < -0.3 is 5.11 Å². The molecule has 0 saturated heterocycles. The Labute approximate surface area is 98.2 Å². The minimum absolute atomic E-state index is 0.413. The number of carbonyl (C=O) groups is 1. The molecule has 2 aromatic rings. The summed E-state index contributed by atoms with van der Waals surface area (Å²) in [7, 11) is 0. The van der Waals surface area contributed by atoms with E-state index in [-0.39, 0.29) is 0 Å². The van der Waals surface area contributed by atoms with Crippen molar-refractivity contribution in [3.05, 3.63) is 46.8 Å². The average molecular weight is 232 g/mol. The Morgan fingerprint density at radius 2 is 2.00 bits per heavy atom. The summed E-state index contributed by atoms with van der Waals surface area (Å²) in [5, 5.41) is 8.98. The number of carboxylic acids is 1. The van der Waals surface area contributed by atoms with Crippen LogP contribution in [-0.4, -0.2) is 11.1 Å². The minimum Gasteiger partial charge on any atom is -0.477 e. The summed E-state index contributed by atoms with van der Waals surface area (Å²) < 4.78 is 0. The van der Waals surface area contributed by atoms with Crippen molar-refractivity contribution in [1.29, 1.82) is 0 Å². The molecule has 1 heterocycles. The molecule has 0 aliphatic rings. The molecule has 0 fully saturated rings. The van der Waals surface area contributed by atoms with Crippen molar-refractivity contribution in [3.8, 4) is 10.4 Å². The van der Waals surface area contributed by atoms with Gasteiger partial charge in [0.2, 0.25) is 0 Å². The van der Waals surface area contributed by atoms with Gasteiger partial charge in [-0.05, 0) is 23.6 Å². The van der Waals surface area contributed by atoms with E-state index in [0.717, 1.165) is 22.4 Å². The van der Waals surface area contributed by atoms with E-state index in [1.807, 2.05) is 37.3 Å². The standard InChI is InChI=1S/C13H12O2S/c1-2-9-8-11(13(14)15)16-12(9)10-6-4-3-5-7-10/h3-8H,2H2,1H3,(H,14,15). The normalized spacial score (nSPS) is 10.3. The molecule has 0 saturated carbocycles. The van der Waals surface area contributed by atoms with Crippen LogP contribution in [0.5, 0.6) is 0 Å². The van der Waals surface area contributed by atoms with Gasteiger partial charge in [-0.3, -0.25) is 0 Å². The van der Waals surface area contributed by atoms with E-state index in [0.29, 0.717) is 4.88 Å². The zero-order valence-corrected chi connectivity index (χ0v) is 9.75. The van der Waals surface area contributed by atoms with Gasteiger partial charge in [-0.1, -0.05) is 37.3 Å². The Hall–Kier alpha value is -1.61. The van der Waals surface area contributed by atoms with E-state index in [4.69, 9.17) is 5.11 Å². The SMILES string of the molecule is CCc1cc(C(=O)O)sc1-c1ccccc1. The van der Waals surface area contributed by atoms with E-state index in [1.165, 1.54) is 11.3 Å². The fourth-order valence-corrected chi connectivity index (χ4v) is 2.73. The summed E-state index contributed by atoms with van der Waals surface area (Å²) in [5.74, 6) is -0.845. The van der Waals surface area contributed by atoms with Gasteiger partial charge in [-0.2, -0.15) is 0 Å². The molecule has 3 heteroatoms. The maximum atomic E-state index is 10.9. The highest BCUT2D eigenvalue weighted by atomic mass is 32.1. The maximum absolute atomic E-state index is 10.9. The number of rotatable bonds is 3. The first kappa shape index (κ1) is 10.9. The van der Waals surface area contributed by atoms with Gasteiger partial charge in [0.25, 0.3) is 0 Å². The molecule has 82 valence electrons. The Morgan fingerprint density at radius 1 is 1.31 bits per heavy atom. The Kier molecular flexibility index (Phi) is 3.06. The van der Waals surface area contributed by atoms with Crippen molar-refractivity contribution >= 4 is 17.3 Å². The monoisotopic (exact) mass is 232 g/mol. The van der Waals surface area contributed by atoms with Gasteiger partial charge in [0.1, 0.15) is 4.88 Å². The molecule has 1 aromatic carbocycles. The molecule has 0 bridgehead atoms. The first-order valence-electron chi connectivity index (χ1n) is 5.13. The molecular weight excluding hydrogens is 220 g/mol. The second-order valence-electron chi connectivity index (χ2n) is 3.49. The quantitative estimate of drug-likeness (QED) is 0.876. The van der Waals surface area contributed by atoms with Gasteiger partial charge in [0, 0.05) is 4.88 Å². The zero-order valence-electron chi connectivity index (χ0n) is 8.93. The molecule has 0 spiro atoms. The molecule has 1 aromatic heterocycles. The first-order valence-corrected chi connectivity index (χ1v) is 5.95. The number of aryl methyl sites for hydroxylation is 1. The highest BCUT2D eigenvalue weighted by Gasteiger charge is 2.13. The number of benzene rings is 1. The van der Waals surface area contributed by atoms with Gasteiger partial charge in [-0.15, -0.1) is 11.3 Å². The first-order chi connectivity index (χ1) is 7.72. The van der Waals surface area contributed by atoms with Crippen LogP contribution in [-0.2, 0) is 6.42 Å². The lowest BCUT2D eigenvalue weighted by atomic mass is 10.1. The van der Waals surface area contributed by atoms with Gasteiger partial charge >= 0.3 is 5.97 Å². The molecule has 0 unspecified atom stereocenters. The van der Waals surface area contributed by atoms with Crippen LogP contribution in [0, 0.1) is 0 Å². The molecule has 0 aliphatic carbocycles. The van der Waals surface area contributed by atoms with Crippen molar-refractivity contribution in [2.24, 2.45) is 0 Å². The minimum atomic E-state index is -0.845. The fourth-order valence-electron chi connectivity index (χ4n) is 1.63. The van der Waals surface area contributed by atoms with E-state index in [2.05, 4.69) is 0 Å². The molecule has 2 rings (SSSR count). The third-order valence-electron chi connectivity index (χ3n) is 2.44. The molecular formula is C13H12O2S. The lowest BCUT2D eigenvalue weighted by Gasteiger charge is -2.00. The summed E-state index contributed by atoms with van der Waals surface area (Å²) in [6, 6.07) is 11.7. The highest BCUT2D eigenvalue weighted by Crippen LogP contribution is 2.33. The number of carboxylic acid groups (broad SMARTS) is 1. The smallest absolute Gasteiger partial charge is 0.345 e. The Bertz CT molecular complexity index is 500. The molecule has 0 atom stereocenters. The van der Waals surface area contributed by atoms with Gasteiger partial charge in [0.05, 0.1) is 0 Å². The van der Waals surface area contributed by atoms with Crippen LogP contribution in [0.3, 0.4) is 0 Å². The number of aromatic carboxylic acids is 1. The van der Waals surface area contributed by atoms with E-state index < -0.39 is 5.97 Å². The molecule has 16 heavy (non-hydrogen) atoms. The van der Waals surface area contributed by atoms with Crippen LogP contribution in [0.25, 0.3) is 10.4 Å². The molecule has 0 aliphatic heterocycles. The number of thiophene rings is 1. The second kappa shape index (κ2) is 4.49.